The average molecular weight is 426 g/mol. The van der Waals surface area contributed by atoms with E-state index in [4.69, 9.17) is 19.2 Å². The first-order valence-electron chi connectivity index (χ1n) is 10.1. The van der Waals surface area contributed by atoms with Crippen LogP contribution in [0.4, 0.5) is 5.69 Å². The fraction of sp³-hybridized carbons (Fsp3) is 0.160. The van der Waals surface area contributed by atoms with Gasteiger partial charge < -0.3 is 19.2 Å². The van der Waals surface area contributed by atoms with Gasteiger partial charge in [-0.15, -0.1) is 10.2 Å². The molecule has 7 heteroatoms. The molecule has 0 aliphatic heterocycles. The zero-order valence-corrected chi connectivity index (χ0v) is 18.0. The van der Waals surface area contributed by atoms with E-state index < -0.39 is 0 Å². The van der Waals surface area contributed by atoms with E-state index in [2.05, 4.69) is 21.6 Å². The van der Waals surface area contributed by atoms with Crippen LogP contribution in [-0.2, 0) is 0 Å². The molecule has 0 saturated carbocycles. The van der Waals surface area contributed by atoms with E-state index in [9.17, 15) is 0 Å². The van der Waals surface area contributed by atoms with Gasteiger partial charge >= 0.3 is 0 Å². The number of aromatic nitrogens is 2. The van der Waals surface area contributed by atoms with Gasteiger partial charge in [0.05, 0.1) is 18.7 Å². The minimum Gasteiger partial charge on any atom is -0.493 e. The minimum absolute atomic E-state index is 0.174. The van der Waals surface area contributed by atoms with E-state index in [0.29, 0.717) is 34.6 Å². The van der Waals surface area contributed by atoms with E-state index >= 15 is 0 Å². The normalized spacial score (nSPS) is 11.4. The molecule has 1 heterocycles. The van der Waals surface area contributed by atoms with Crippen LogP contribution in [0.15, 0.2) is 71.1 Å². The molecule has 4 rings (SSSR count). The van der Waals surface area contributed by atoms with Gasteiger partial charge in [0.25, 0.3) is 0 Å². The van der Waals surface area contributed by atoms with Gasteiger partial charge in [-0.05, 0) is 62.4 Å². The first-order valence-corrected chi connectivity index (χ1v) is 10.1. The van der Waals surface area contributed by atoms with Crippen molar-refractivity contribution in [2.75, 3.05) is 12.4 Å². The van der Waals surface area contributed by atoms with Crippen LogP contribution >= 0.6 is 0 Å². The maximum Gasteiger partial charge on any atom is 0.247 e. The Kier molecular flexibility index (Phi) is 6.04. The van der Waals surface area contributed by atoms with Gasteiger partial charge in [0.15, 0.2) is 11.5 Å². The first-order chi connectivity index (χ1) is 15.6. The van der Waals surface area contributed by atoms with Crippen molar-refractivity contribution in [2.24, 2.45) is 0 Å². The number of aryl methyl sites for hydroxylation is 1. The van der Waals surface area contributed by atoms with Gasteiger partial charge in [-0.2, -0.15) is 5.26 Å². The SMILES string of the molecule is COc1cc(C#N)ccc1Oc1ccc(NC(C)c2nnc(-c3ccc(C)cc3)o2)cc1. The molecule has 0 aliphatic rings. The lowest BCUT2D eigenvalue weighted by Crippen LogP contribution is -2.06. The summed E-state index contributed by atoms with van der Waals surface area (Å²) in [4.78, 5) is 0. The Balaban J connectivity index is 1.42. The van der Waals surface area contributed by atoms with Gasteiger partial charge in [0, 0.05) is 17.3 Å². The number of hydrogen-bond donors (Lipinski definition) is 1. The quantitative estimate of drug-likeness (QED) is 0.394. The Labute approximate surface area is 186 Å². The van der Waals surface area contributed by atoms with Gasteiger partial charge in [-0.25, -0.2) is 0 Å². The van der Waals surface area contributed by atoms with E-state index in [1.807, 2.05) is 62.4 Å². The van der Waals surface area contributed by atoms with E-state index in [1.54, 1.807) is 25.3 Å². The number of hydrogen-bond acceptors (Lipinski definition) is 7. The van der Waals surface area contributed by atoms with Crippen molar-refractivity contribution in [3.8, 4) is 34.8 Å². The average Bonchev–Trinajstić information content (AvgIpc) is 3.31. The summed E-state index contributed by atoms with van der Waals surface area (Å²) in [5.74, 6) is 2.68. The Morgan fingerprint density at radius 3 is 2.41 bits per heavy atom. The van der Waals surface area contributed by atoms with Crippen molar-refractivity contribution in [3.05, 3.63) is 83.7 Å². The Morgan fingerprint density at radius 2 is 1.72 bits per heavy atom. The van der Waals surface area contributed by atoms with Crippen LogP contribution in [0.2, 0.25) is 0 Å². The number of methoxy groups -OCH3 is 1. The summed E-state index contributed by atoms with van der Waals surface area (Å²) in [6, 6.07) is 22.4. The Hall–Kier alpha value is -4.31. The molecule has 3 aromatic carbocycles. The topological polar surface area (TPSA) is 93.2 Å². The number of rotatable bonds is 7. The highest BCUT2D eigenvalue weighted by Crippen LogP contribution is 2.33. The number of ether oxygens (including phenoxy) is 2. The van der Waals surface area contributed by atoms with Crippen molar-refractivity contribution in [3.63, 3.8) is 0 Å². The maximum atomic E-state index is 9.02. The van der Waals surface area contributed by atoms with E-state index in [-0.39, 0.29) is 6.04 Å². The molecular weight excluding hydrogens is 404 g/mol. The molecule has 160 valence electrons. The molecule has 32 heavy (non-hydrogen) atoms. The molecule has 1 unspecified atom stereocenters. The smallest absolute Gasteiger partial charge is 0.247 e. The Bertz CT molecular complexity index is 1240. The largest absolute Gasteiger partial charge is 0.493 e. The third-order valence-electron chi connectivity index (χ3n) is 4.87. The van der Waals surface area contributed by atoms with Gasteiger partial charge in [-0.1, -0.05) is 17.7 Å². The van der Waals surface area contributed by atoms with E-state index in [1.165, 1.54) is 5.56 Å². The zero-order valence-electron chi connectivity index (χ0n) is 18.0. The molecule has 1 atom stereocenters. The first kappa shape index (κ1) is 20.9. The second kappa shape index (κ2) is 9.23. The van der Waals surface area contributed by atoms with Gasteiger partial charge in [-0.3, -0.25) is 0 Å². The molecule has 0 spiro atoms. The number of nitriles is 1. The molecule has 1 N–H and O–H groups in total. The molecule has 0 fully saturated rings. The number of anilines is 1. The number of benzene rings is 3. The summed E-state index contributed by atoms with van der Waals surface area (Å²) in [5.41, 5.74) is 3.45. The summed E-state index contributed by atoms with van der Waals surface area (Å²) >= 11 is 0. The van der Waals surface area contributed by atoms with Gasteiger partial charge in [0.1, 0.15) is 11.8 Å². The lowest BCUT2D eigenvalue weighted by atomic mass is 10.1. The van der Waals surface area contributed by atoms with Crippen LogP contribution in [-0.4, -0.2) is 17.3 Å². The third kappa shape index (κ3) is 4.71. The standard InChI is InChI=1S/C25H22N4O3/c1-16-4-7-19(8-5-16)25-29-28-24(32-25)17(2)27-20-9-11-21(12-10-20)31-22-13-6-18(15-26)14-23(22)30-3/h4-14,17,27H,1-3H3. The number of nitrogens with zero attached hydrogens (tertiary/aromatic N) is 3. The highest BCUT2D eigenvalue weighted by atomic mass is 16.5. The fourth-order valence-corrected chi connectivity index (χ4v) is 3.10. The fourth-order valence-electron chi connectivity index (χ4n) is 3.10. The molecule has 0 saturated heterocycles. The monoisotopic (exact) mass is 426 g/mol. The van der Waals surface area contributed by atoms with Crippen molar-refractivity contribution >= 4 is 5.69 Å². The lowest BCUT2D eigenvalue weighted by molar-refractivity contribution is 0.378. The van der Waals surface area contributed by atoms with Crippen LogP contribution in [0.25, 0.3) is 11.5 Å². The van der Waals surface area contributed by atoms with Crippen molar-refractivity contribution in [1.82, 2.24) is 10.2 Å². The van der Waals surface area contributed by atoms with Crippen LogP contribution in [0, 0.1) is 18.3 Å². The molecular formula is C25H22N4O3. The minimum atomic E-state index is -0.174. The lowest BCUT2D eigenvalue weighted by Gasteiger charge is -2.13. The Morgan fingerprint density at radius 1 is 0.969 bits per heavy atom. The predicted molar refractivity (Wildman–Crippen MR) is 121 cm³/mol. The van der Waals surface area contributed by atoms with Crippen LogP contribution in [0.1, 0.15) is 30.0 Å². The summed E-state index contributed by atoms with van der Waals surface area (Å²) in [7, 11) is 1.54. The molecule has 0 radical (unpaired) electrons. The molecule has 0 aliphatic carbocycles. The van der Waals surface area contributed by atoms with Crippen LogP contribution < -0.4 is 14.8 Å². The highest BCUT2D eigenvalue weighted by molar-refractivity contribution is 5.54. The summed E-state index contributed by atoms with van der Waals surface area (Å²) < 4.78 is 17.1. The molecule has 7 nitrogen and oxygen atoms in total. The summed E-state index contributed by atoms with van der Waals surface area (Å²) in [6.45, 7) is 3.99. The van der Waals surface area contributed by atoms with Crippen LogP contribution in [0.5, 0.6) is 17.2 Å². The third-order valence-corrected chi connectivity index (χ3v) is 4.87. The molecule has 0 bridgehead atoms. The summed E-state index contributed by atoms with van der Waals surface area (Å²) in [6.07, 6.45) is 0. The maximum absolute atomic E-state index is 9.02. The van der Waals surface area contributed by atoms with Gasteiger partial charge in [0.2, 0.25) is 11.8 Å². The molecule has 4 aromatic rings. The van der Waals surface area contributed by atoms with E-state index in [0.717, 1.165) is 11.3 Å². The van der Waals surface area contributed by atoms with Crippen molar-refractivity contribution in [1.29, 1.82) is 5.26 Å². The predicted octanol–water partition coefficient (Wildman–Crippen LogP) is 5.89. The summed E-state index contributed by atoms with van der Waals surface area (Å²) in [5, 5.41) is 20.7. The zero-order chi connectivity index (χ0) is 22.5. The second-order valence-electron chi connectivity index (χ2n) is 7.28. The highest BCUT2D eigenvalue weighted by Gasteiger charge is 2.15. The van der Waals surface area contributed by atoms with Crippen molar-refractivity contribution in [2.45, 2.75) is 19.9 Å². The second-order valence-corrected chi connectivity index (χ2v) is 7.28. The number of nitrogens with one attached hydrogen (secondary N) is 1. The molecule has 0 amide bonds. The van der Waals surface area contributed by atoms with Crippen LogP contribution in [0.3, 0.4) is 0 Å². The molecule has 1 aromatic heterocycles. The van der Waals surface area contributed by atoms with Crippen molar-refractivity contribution < 1.29 is 13.9 Å².